The summed E-state index contributed by atoms with van der Waals surface area (Å²) in [5.41, 5.74) is 1.82. The van der Waals surface area contributed by atoms with Gasteiger partial charge >= 0.3 is 0 Å². The van der Waals surface area contributed by atoms with Crippen molar-refractivity contribution >= 4 is 26.9 Å². The highest BCUT2D eigenvalue weighted by atomic mass is 32.2. The lowest BCUT2D eigenvalue weighted by molar-refractivity contribution is 0.602. The van der Waals surface area contributed by atoms with Crippen molar-refractivity contribution in [1.29, 1.82) is 0 Å². The van der Waals surface area contributed by atoms with Gasteiger partial charge in [0, 0.05) is 16.8 Å². The Labute approximate surface area is 123 Å². The fourth-order valence-electron chi connectivity index (χ4n) is 2.08. The Balaban J connectivity index is 2.24. The highest BCUT2D eigenvalue weighted by Gasteiger charge is 2.14. The van der Waals surface area contributed by atoms with Crippen LogP contribution in [0.25, 0.3) is 0 Å². The lowest BCUT2D eigenvalue weighted by Crippen LogP contribution is -2.07. The topological polar surface area (TPSA) is 59.1 Å². The van der Waals surface area contributed by atoms with Gasteiger partial charge in [-0.3, -0.25) is 0 Å². The zero-order valence-corrected chi connectivity index (χ0v) is 13.6. The number of rotatable bonds is 4. The van der Waals surface area contributed by atoms with Crippen molar-refractivity contribution in [2.45, 2.75) is 31.7 Å². The van der Waals surface area contributed by atoms with E-state index in [1.54, 1.807) is 29.5 Å². The second-order valence-electron chi connectivity index (χ2n) is 4.85. The lowest BCUT2D eigenvalue weighted by atomic mass is 10.2. The predicted octanol–water partition coefficient (Wildman–Crippen LogP) is 3.34. The van der Waals surface area contributed by atoms with Crippen LogP contribution in [0.3, 0.4) is 0 Å². The van der Waals surface area contributed by atoms with Crippen LogP contribution in [-0.4, -0.2) is 19.7 Å². The summed E-state index contributed by atoms with van der Waals surface area (Å²) < 4.78 is 23.1. The number of benzene rings is 1. The Hall–Kier alpha value is -1.40. The van der Waals surface area contributed by atoms with Gasteiger partial charge < -0.3 is 5.32 Å². The van der Waals surface area contributed by atoms with Crippen LogP contribution in [0.15, 0.2) is 29.2 Å². The molecule has 1 N–H and O–H groups in total. The van der Waals surface area contributed by atoms with Gasteiger partial charge in [-0.2, -0.15) is 0 Å². The molecule has 0 fully saturated rings. The average Bonchev–Trinajstić information content (AvgIpc) is 2.68. The molecule has 0 saturated carbocycles. The summed E-state index contributed by atoms with van der Waals surface area (Å²) in [5.74, 6) is 0. The summed E-state index contributed by atoms with van der Waals surface area (Å²) in [6.07, 6.45) is 1.21. The molecule has 1 aromatic carbocycles. The van der Waals surface area contributed by atoms with Crippen molar-refractivity contribution in [3.05, 3.63) is 39.8 Å². The molecule has 0 aliphatic rings. The monoisotopic (exact) mass is 310 g/mol. The molecule has 0 aliphatic carbocycles. The molecule has 1 atom stereocenters. The smallest absolute Gasteiger partial charge is 0.175 e. The minimum absolute atomic E-state index is 0.0935. The van der Waals surface area contributed by atoms with Crippen LogP contribution in [0.4, 0.5) is 5.69 Å². The molecule has 20 heavy (non-hydrogen) atoms. The molecule has 1 unspecified atom stereocenters. The third kappa shape index (κ3) is 3.37. The summed E-state index contributed by atoms with van der Waals surface area (Å²) in [7, 11) is -3.18. The normalized spacial score (nSPS) is 13.2. The maximum atomic E-state index is 11.6. The van der Waals surface area contributed by atoms with Crippen LogP contribution >= 0.6 is 11.3 Å². The van der Waals surface area contributed by atoms with Gasteiger partial charge in [0.2, 0.25) is 0 Å². The number of thiazole rings is 1. The molecule has 0 radical (unpaired) electrons. The van der Waals surface area contributed by atoms with Crippen molar-refractivity contribution in [2.24, 2.45) is 0 Å². The number of sulfone groups is 1. The van der Waals surface area contributed by atoms with Crippen LogP contribution in [0, 0.1) is 13.8 Å². The molecule has 0 aliphatic heterocycles. The molecule has 1 aromatic heterocycles. The number of hydrogen-bond acceptors (Lipinski definition) is 5. The molecule has 6 heteroatoms. The minimum Gasteiger partial charge on any atom is -0.378 e. The number of nitrogens with zero attached hydrogens (tertiary/aromatic N) is 1. The average molecular weight is 310 g/mol. The van der Waals surface area contributed by atoms with Crippen molar-refractivity contribution in [2.75, 3.05) is 11.6 Å². The number of aryl methyl sites for hydroxylation is 2. The van der Waals surface area contributed by atoms with Crippen molar-refractivity contribution in [1.82, 2.24) is 4.98 Å². The fourth-order valence-corrected chi connectivity index (χ4v) is 3.68. The van der Waals surface area contributed by atoms with E-state index in [1.165, 1.54) is 11.1 Å². The second kappa shape index (κ2) is 5.54. The Kier molecular flexibility index (Phi) is 4.15. The number of nitrogens with one attached hydrogen (secondary N) is 1. The molecular weight excluding hydrogens is 292 g/mol. The summed E-state index contributed by atoms with van der Waals surface area (Å²) in [6.45, 7) is 6.02. The van der Waals surface area contributed by atoms with E-state index in [0.717, 1.165) is 16.4 Å². The number of hydrogen-bond donors (Lipinski definition) is 1. The zero-order chi connectivity index (χ0) is 14.9. The largest absolute Gasteiger partial charge is 0.378 e. The Morgan fingerprint density at radius 2 is 2.00 bits per heavy atom. The maximum absolute atomic E-state index is 11.6. The standard InChI is InChI=1S/C14H18N2O2S2/c1-9-14(19-11(3)15-9)10(2)16-12-6-5-7-13(8-12)20(4,17)18/h5-8,10,16H,1-4H3. The summed E-state index contributed by atoms with van der Waals surface area (Å²) in [6, 6.07) is 6.98. The molecule has 0 spiro atoms. The summed E-state index contributed by atoms with van der Waals surface area (Å²) in [5, 5.41) is 4.37. The van der Waals surface area contributed by atoms with Crippen molar-refractivity contribution in [3.63, 3.8) is 0 Å². The van der Waals surface area contributed by atoms with Gasteiger partial charge in [-0.25, -0.2) is 13.4 Å². The summed E-state index contributed by atoms with van der Waals surface area (Å²) in [4.78, 5) is 5.91. The van der Waals surface area contributed by atoms with Gasteiger partial charge in [-0.1, -0.05) is 6.07 Å². The van der Waals surface area contributed by atoms with Crippen LogP contribution in [0.2, 0.25) is 0 Å². The van der Waals surface area contributed by atoms with Crippen LogP contribution in [0.1, 0.15) is 28.5 Å². The first kappa shape index (κ1) is 15.0. The first-order valence-corrected chi connectivity index (χ1v) is 8.99. The highest BCUT2D eigenvalue weighted by Crippen LogP contribution is 2.28. The first-order chi connectivity index (χ1) is 9.27. The van der Waals surface area contributed by atoms with E-state index in [0.29, 0.717) is 4.90 Å². The van der Waals surface area contributed by atoms with Gasteiger partial charge in [0.15, 0.2) is 9.84 Å². The third-order valence-electron chi connectivity index (χ3n) is 2.98. The Morgan fingerprint density at radius 3 is 2.55 bits per heavy atom. The molecule has 1 heterocycles. The van der Waals surface area contributed by atoms with Gasteiger partial charge in [0.25, 0.3) is 0 Å². The van der Waals surface area contributed by atoms with E-state index in [1.807, 2.05) is 26.8 Å². The second-order valence-corrected chi connectivity index (χ2v) is 8.10. The van der Waals surface area contributed by atoms with Gasteiger partial charge in [-0.15, -0.1) is 11.3 Å². The molecule has 0 bridgehead atoms. The third-order valence-corrected chi connectivity index (χ3v) is 5.34. The predicted molar refractivity (Wildman–Crippen MR) is 83.2 cm³/mol. The molecule has 4 nitrogen and oxygen atoms in total. The van der Waals surface area contributed by atoms with Crippen LogP contribution in [-0.2, 0) is 9.84 Å². The van der Waals surface area contributed by atoms with E-state index in [2.05, 4.69) is 10.3 Å². The molecule has 0 saturated heterocycles. The molecule has 0 amide bonds. The number of aromatic nitrogens is 1. The highest BCUT2D eigenvalue weighted by molar-refractivity contribution is 7.90. The van der Waals surface area contributed by atoms with E-state index < -0.39 is 9.84 Å². The van der Waals surface area contributed by atoms with Crippen LogP contribution in [0.5, 0.6) is 0 Å². The Morgan fingerprint density at radius 1 is 1.30 bits per heavy atom. The van der Waals surface area contributed by atoms with Crippen molar-refractivity contribution < 1.29 is 8.42 Å². The van der Waals surface area contributed by atoms with E-state index in [9.17, 15) is 8.42 Å². The van der Waals surface area contributed by atoms with Gasteiger partial charge in [-0.05, 0) is 39.0 Å². The quantitative estimate of drug-likeness (QED) is 0.941. The number of anilines is 1. The molecule has 108 valence electrons. The first-order valence-electron chi connectivity index (χ1n) is 6.28. The maximum Gasteiger partial charge on any atom is 0.175 e. The van der Waals surface area contributed by atoms with E-state index >= 15 is 0 Å². The molecular formula is C14H18N2O2S2. The molecule has 2 aromatic rings. The summed E-state index contributed by atoms with van der Waals surface area (Å²) >= 11 is 1.66. The lowest BCUT2D eigenvalue weighted by Gasteiger charge is -2.15. The Bertz CT molecular complexity index is 721. The van der Waals surface area contributed by atoms with Crippen molar-refractivity contribution in [3.8, 4) is 0 Å². The minimum atomic E-state index is -3.18. The SMILES string of the molecule is Cc1nc(C)c(C(C)Nc2cccc(S(C)(=O)=O)c2)s1. The fraction of sp³-hybridized carbons (Fsp3) is 0.357. The van der Waals surface area contributed by atoms with E-state index in [4.69, 9.17) is 0 Å². The van der Waals surface area contributed by atoms with Gasteiger partial charge in [0.05, 0.1) is 21.6 Å². The van der Waals surface area contributed by atoms with Crippen LogP contribution < -0.4 is 5.32 Å². The molecule has 2 rings (SSSR count). The van der Waals surface area contributed by atoms with Gasteiger partial charge in [0.1, 0.15) is 0 Å². The zero-order valence-electron chi connectivity index (χ0n) is 12.0. The van der Waals surface area contributed by atoms with E-state index in [-0.39, 0.29) is 6.04 Å².